The number of likely N-dealkylation sites (tertiary alicyclic amines) is 1. The Labute approximate surface area is 149 Å². The summed E-state index contributed by atoms with van der Waals surface area (Å²) in [5, 5.41) is 0. The molecular formula is C18H29N5O2. The van der Waals surface area contributed by atoms with Crippen LogP contribution in [0, 0.1) is 0 Å². The highest BCUT2D eigenvalue weighted by atomic mass is 16.5. The van der Waals surface area contributed by atoms with Crippen molar-refractivity contribution in [3.63, 3.8) is 0 Å². The van der Waals surface area contributed by atoms with E-state index in [1.807, 2.05) is 11.9 Å². The van der Waals surface area contributed by atoms with Crippen LogP contribution in [-0.4, -0.2) is 64.6 Å². The molecule has 2 N–H and O–H groups in total. The molecule has 2 fully saturated rings. The van der Waals surface area contributed by atoms with E-state index in [0.29, 0.717) is 24.2 Å². The number of hydrogen-bond donors (Lipinski definition) is 1. The number of nitrogen functional groups attached to an aromatic ring is 1. The summed E-state index contributed by atoms with van der Waals surface area (Å²) >= 11 is 0. The molecule has 1 aliphatic carbocycles. The normalized spacial score (nSPS) is 21.8. The number of amides is 1. The van der Waals surface area contributed by atoms with Crippen molar-refractivity contribution in [3.8, 4) is 0 Å². The van der Waals surface area contributed by atoms with Crippen molar-refractivity contribution < 1.29 is 9.53 Å². The van der Waals surface area contributed by atoms with E-state index in [9.17, 15) is 4.79 Å². The fourth-order valence-electron chi connectivity index (χ4n) is 3.68. The lowest BCUT2D eigenvalue weighted by atomic mass is 9.98. The summed E-state index contributed by atoms with van der Waals surface area (Å²) < 4.78 is 5.82. The van der Waals surface area contributed by atoms with Crippen LogP contribution in [-0.2, 0) is 16.1 Å². The van der Waals surface area contributed by atoms with Gasteiger partial charge in [-0.15, -0.1) is 0 Å². The van der Waals surface area contributed by atoms with Crippen LogP contribution in [0.25, 0.3) is 0 Å². The van der Waals surface area contributed by atoms with E-state index in [1.54, 1.807) is 12.3 Å². The Balaban J connectivity index is 1.43. The second-order valence-corrected chi connectivity index (χ2v) is 7.17. The predicted molar refractivity (Wildman–Crippen MR) is 95.7 cm³/mol. The third-order valence-electron chi connectivity index (χ3n) is 5.25. The maximum atomic E-state index is 12.4. The highest BCUT2D eigenvalue weighted by molar-refractivity contribution is 5.77. The van der Waals surface area contributed by atoms with Crippen LogP contribution >= 0.6 is 0 Å². The van der Waals surface area contributed by atoms with Crippen LogP contribution in [0.3, 0.4) is 0 Å². The van der Waals surface area contributed by atoms with Crippen molar-refractivity contribution in [1.82, 2.24) is 19.8 Å². The summed E-state index contributed by atoms with van der Waals surface area (Å²) in [6.07, 6.45) is 8.86. The number of hydrogen-bond acceptors (Lipinski definition) is 6. The number of ether oxygens (including phenoxy) is 1. The van der Waals surface area contributed by atoms with E-state index in [2.05, 4.69) is 14.9 Å². The molecule has 1 saturated heterocycles. The summed E-state index contributed by atoms with van der Waals surface area (Å²) in [6, 6.07) is 2.01. The standard InChI is InChI=1S/C18H29N5O2/c1-22(12-17-20-9-7-16(19)21-17)14-8-10-23(11-14)18(24)13-25-15-5-3-2-4-6-15/h7,9,14-15H,2-6,8,10-13H2,1H3,(H2,19,20,21)/t14-/m1/s1. The molecule has 1 aliphatic heterocycles. The van der Waals surface area contributed by atoms with Crippen molar-refractivity contribution in [2.75, 3.05) is 32.5 Å². The van der Waals surface area contributed by atoms with Gasteiger partial charge in [0.05, 0.1) is 12.6 Å². The number of rotatable bonds is 6. The lowest BCUT2D eigenvalue weighted by Crippen LogP contribution is -2.38. The smallest absolute Gasteiger partial charge is 0.248 e. The maximum Gasteiger partial charge on any atom is 0.248 e. The Morgan fingerprint density at radius 1 is 1.36 bits per heavy atom. The molecule has 1 amide bonds. The molecule has 7 nitrogen and oxygen atoms in total. The molecule has 0 unspecified atom stereocenters. The lowest BCUT2D eigenvalue weighted by molar-refractivity contribution is -0.137. The summed E-state index contributed by atoms with van der Waals surface area (Å²) in [6.45, 7) is 2.39. The van der Waals surface area contributed by atoms with Crippen LogP contribution in [0.5, 0.6) is 0 Å². The molecule has 0 radical (unpaired) electrons. The van der Waals surface area contributed by atoms with E-state index in [1.165, 1.54) is 19.3 Å². The third-order valence-corrected chi connectivity index (χ3v) is 5.25. The van der Waals surface area contributed by atoms with Crippen molar-refractivity contribution in [2.24, 2.45) is 0 Å². The molecule has 0 bridgehead atoms. The lowest BCUT2D eigenvalue weighted by Gasteiger charge is -2.25. The van der Waals surface area contributed by atoms with E-state index in [0.717, 1.165) is 32.4 Å². The Bertz CT molecular complexity index is 576. The second kappa shape index (κ2) is 8.58. The van der Waals surface area contributed by atoms with Gasteiger partial charge in [-0.1, -0.05) is 19.3 Å². The summed E-state index contributed by atoms with van der Waals surface area (Å²) in [4.78, 5) is 25.0. The second-order valence-electron chi connectivity index (χ2n) is 7.17. The van der Waals surface area contributed by atoms with Crippen molar-refractivity contribution in [2.45, 2.75) is 57.2 Å². The monoisotopic (exact) mass is 347 g/mol. The average Bonchev–Trinajstić information content (AvgIpc) is 3.11. The first kappa shape index (κ1) is 18.1. The van der Waals surface area contributed by atoms with Crippen molar-refractivity contribution in [1.29, 1.82) is 0 Å². The van der Waals surface area contributed by atoms with E-state index >= 15 is 0 Å². The van der Waals surface area contributed by atoms with Gasteiger partial charge in [0.1, 0.15) is 18.2 Å². The molecule has 0 spiro atoms. The molecule has 2 heterocycles. The topological polar surface area (TPSA) is 84.6 Å². The minimum Gasteiger partial charge on any atom is -0.384 e. The van der Waals surface area contributed by atoms with Gasteiger partial charge < -0.3 is 15.4 Å². The molecule has 25 heavy (non-hydrogen) atoms. The molecular weight excluding hydrogens is 318 g/mol. The number of anilines is 1. The van der Waals surface area contributed by atoms with Gasteiger partial charge in [-0.3, -0.25) is 9.69 Å². The molecule has 1 aromatic heterocycles. The fourth-order valence-corrected chi connectivity index (χ4v) is 3.68. The number of carbonyl (C=O) groups excluding carboxylic acids is 1. The van der Waals surface area contributed by atoms with Crippen LogP contribution in [0.1, 0.15) is 44.3 Å². The molecule has 3 rings (SSSR count). The molecule has 0 aromatic carbocycles. The van der Waals surface area contributed by atoms with Crippen molar-refractivity contribution >= 4 is 11.7 Å². The quantitative estimate of drug-likeness (QED) is 0.838. The largest absolute Gasteiger partial charge is 0.384 e. The first-order valence-corrected chi connectivity index (χ1v) is 9.29. The first-order chi connectivity index (χ1) is 12.1. The van der Waals surface area contributed by atoms with Gasteiger partial charge >= 0.3 is 0 Å². The zero-order chi connectivity index (χ0) is 17.6. The number of carbonyl (C=O) groups is 1. The Kier molecular flexibility index (Phi) is 6.20. The minimum absolute atomic E-state index is 0.113. The van der Waals surface area contributed by atoms with Gasteiger partial charge in [0.25, 0.3) is 0 Å². The van der Waals surface area contributed by atoms with Crippen LogP contribution < -0.4 is 5.73 Å². The van der Waals surface area contributed by atoms with E-state index in [-0.39, 0.29) is 18.6 Å². The molecule has 7 heteroatoms. The average molecular weight is 347 g/mol. The number of nitrogens with zero attached hydrogens (tertiary/aromatic N) is 4. The Morgan fingerprint density at radius 3 is 2.92 bits per heavy atom. The predicted octanol–water partition coefficient (Wildman–Crippen LogP) is 1.44. The Hall–Kier alpha value is -1.73. The first-order valence-electron chi connectivity index (χ1n) is 9.29. The SMILES string of the molecule is CN(Cc1nccc(N)n1)[C@@H]1CCN(C(=O)COC2CCCCC2)C1. The molecule has 138 valence electrons. The summed E-state index contributed by atoms with van der Waals surface area (Å²) in [5.41, 5.74) is 5.71. The Morgan fingerprint density at radius 2 is 2.16 bits per heavy atom. The molecule has 1 aromatic rings. The minimum atomic E-state index is 0.113. The fraction of sp³-hybridized carbons (Fsp3) is 0.722. The van der Waals surface area contributed by atoms with Gasteiger partial charge in [-0.2, -0.15) is 0 Å². The zero-order valence-electron chi connectivity index (χ0n) is 15.1. The van der Waals surface area contributed by atoms with Gasteiger partial charge in [0.15, 0.2) is 0 Å². The highest BCUT2D eigenvalue weighted by Crippen LogP contribution is 2.21. The summed E-state index contributed by atoms with van der Waals surface area (Å²) in [5.74, 6) is 1.32. The molecule has 1 saturated carbocycles. The van der Waals surface area contributed by atoms with E-state index < -0.39 is 0 Å². The van der Waals surface area contributed by atoms with Crippen LogP contribution in [0.4, 0.5) is 5.82 Å². The van der Waals surface area contributed by atoms with Gasteiger partial charge in [-0.05, 0) is 32.4 Å². The van der Waals surface area contributed by atoms with Crippen LogP contribution in [0.2, 0.25) is 0 Å². The van der Waals surface area contributed by atoms with Gasteiger partial charge in [-0.25, -0.2) is 9.97 Å². The maximum absolute atomic E-state index is 12.4. The molecule has 2 aliphatic rings. The third kappa shape index (κ3) is 5.12. The highest BCUT2D eigenvalue weighted by Gasteiger charge is 2.29. The van der Waals surface area contributed by atoms with Crippen molar-refractivity contribution in [3.05, 3.63) is 18.1 Å². The van der Waals surface area contributed by atoms with Crippen LogP contribution in [0.15, 0.2) is 12.3 Å². The number of likely N-dealkylation sites (N-methyl/N-ethyl adjacent to an activating group) is 1. The molecule has 1 atom stereocenters. The van der Waals surface area contributed by atoms with Gasteiger partial charge in [0, 0.05) is 25.3 Å². The zero-order valence-corrected chi connectivity index (χ0v) is 15.1. The number of nitrogens with two attached hydrogens (primary N) is 1. The van der Waals surface area contributed by atoms with E-state index in [4.69, 9.17) is 10.5 Å². The number of aromatic nitrogens is 2. The van der Waals surface area contributed by atoms with Gasteiger partial charge in [0.2, 0.25) is 5.91 Å². The summed E-state index contributed by atoms with van der Waals surface area (Å²) in [7, 11) is 2.05.